The Bertz CT molecular complexity index is 1020. The van der Waals surface area contributed by atoms with Gasteiger partial charge in [0, 0.05) is 17.8 Å². The number of para-hydroxylation sites is 2. The van der Waals surface area contributed by atoms with Crippen LogP contribution in [0.25, 0.3) is 0 Å². The average molecular weight is 446 g/mol. The molecule has 0 saturated heterocycles. The first-order chi connectivity index (χ1) is 16.1. The van der Waals surface area contributed by atoms with E-state index in [1.807, 2.05) is 78.9 Å². The topological polar surface area (TPSA) is 79.5 Å². The second kappa shape index (κ2) is 12.9. The van der Waals surface area contributed by atoms with Gasteiger partial charge in [0.2, 0.25) is 11.8 Å². The van der Waals surface area contributed by atoms with Crippen LogP contribution in [0.1, 0.15) is 31.7 Å². The van der Waals surface area contributed by atoms with Gasteiger partial charge in [0.1, 0.15) is 5.75 Å². The SMILES string of the molecule is CCCCOc1ccccc1NC(=O)CNc1ccc(NC(=O)CCc2ccccc2)cc1. The Morgan fingerprint density at radius 1 is 0.788 bits per heavy atom. The van der Waals surface area contributed by atoms with Crippen LogP contribution in [-0.4, -0.2) is 25.0 Å². The molecular formula is C27H31N3O3. The van der Waals surface area contributed by atoms with E-state index >= 15 is 0 Å². The predicted molar refractivity (Wildman–Crippen MR) is 134 cm³/mol. The van der Waals surface area contributed by atoms with Crippen LogP contribution in [-0.2, 0) is 16.0 Å². The third kappa shape index (κ3) is 8.33. The molecule has 0 heterocycles. The molecule has 0 aliphatic carbocycles. The molecule has 0 saturated carbocycles. The van der Waals surface area contributed by atoms with E-state index in [0.29, 0.717) is 30.9 Å². The summed E-state index contributed by atoms with van der Waals surface area (Å²) in [6.07, 6.45) is 3.14. The van der Waals surface area contributed by atoms with Gasteiger partial charge in [0.15, 0.2) is 0 Å². The zero-order chi connectivity index (χ0) is 23.3. The summed E-state index contributed by atoms with van der Waals surface area (Å²) < 4.78 is 5.76. The van der Waals surface area contributed by atoms with E-state index < -0.39 is 0 Å². The Hall–Kier alpha value is -3.80. The molecule has 3 rings (SSSR count). The molecule has 0 aromatic heterocycles. The van der Waals surface area contributed by atoms with Crippen LogP contribution in [0.5, 0.6) is 5.75 Å². The fourth-order valence-corrected chi connectivity index (χ4v) is 3.20. The van der Waals surface area contributed by atoms with Crippen molar-refractivity contribution in [2.24, 2.45) is 0 Å². The molecular weight excluding hydrogens is 414 g/mol. The van der Waals surface area contributed by atoms with E-state index in [9.17, 15) is 9.59 Å². The van der Waals surface area contributed by atoms with Crippen LogP contribution in [0.15, 0.2) is 78.9 Å². The molecule has 172 valence electrons. The second-order valence-electron chi connectivity index (χ2n) is 7.71. The van der Waals surface area contributed by atoms with E-state index in [2.05, 4.69) is 22.9 Å². The highest BCUT2D eigenvalue weighted by molar-refractivity contribution is 5.95. The van der Waals surface area contributed by atoms with E-state index in [-0.39, 0.29) is 18.4 Å². The van der Waals surface area contributed by atoms with Crippen molar-refractivity contribution in [2.45, 2.75) is 32.6 Å². The van der Waals surface area contributed by atoms with Crippen molar-refractivity contribution in [3.05, 3.63) is 84.4 Å². The van der Waals surface area contributed by atoms with Gasteiger partial charge in [-0.15, -0.1) is 0 Å². The lowest BCUT2D eigenvalue weighted by Crippen LogP contribution is -2.22. The summed E-state index contributed by atoms with van der Waals surface area (Å²) in [5.41, 5.74) is 3.32. The molecule has 0 spiro atoms. The molecule has 0 fully saturated rings. The lowest BCUT2D eigenvalue weighted by molar-refractivity contribution is -0.116. The molecule has 2 amide bonds. The minimum absolute atomic E-state index is 0.0289. The first-order valence-electron chi connectivity index (χ1n) is 11.3. The van der Waals surface area contributed by atoms with Gasteiger partial charge in [-0.3, -0.25) is 9.59 Å². The number of carbonyl (C=O) groups is 2. The summed E-state index contributed by atoms with van der Waals surface area (Å²) in [4.78, 5) is 24.6. The molecule has 3 aromatic rings. The van der Waals surface area contributed by atoms with Gasteiger partial charge in [0.05, 0.1) is 18.8 Å². The Labute approximate surface area is 195 Å². The highest BCUT2D eigenvalue weighted by atomic mass is 16.5. The Morgan fingerprint density at radius 3 is 2.24 bits per heavy atom. The van der Waals surface area contributed by atoms with Gasteiger partial charge in [-0.2, -0.15) is 0 Å². The van der Waals surface area contributed by atoms with Crippen LogP contribution in [0.3, 0.4) is 0 Å². The third-order valence-corrected chi connectivity index (χ3v) is 5.02. The largest absolute Gasteiger partial charge is 0.491 e. The number of nitrogens with one attached hydrogen (secondary N) is 3. The maximum atomic E-state index is 12.4. The Morgan fingerprint density at radius 2 is 1.48 bits per heavy atom. The summed E-state index contributed by atoms with van der Waals surface area (Å²) in [6, 6.07) is 24.7. The highest BCUT2D eigenvalue weighted by Crippen LogP contribution is 2.24. The minimum atomic E-state index is -0.167. The van der Waals surface area contributed by atoms with Crippen molar-refractivity contribution in [1.29, 1.82) is 0 Å². The number of unbranched alkanes of at least 4 members (excludes halogenated alkanes) is 1. The summed E-state index contributed by atoms with van der Waals surface area (Å²) in [5.74, 6) is 0.477. The zero-order valence-electron chi connectivity index (χ0n) is 19.0. The fourth-order valence-electron chi connectivity index (χ4n) is 3.20. The first kappa shape index (κ1) is 23.9. The van der Waals surface area contributed by atoms with Gasteiger partial charge >= 0.3 is 0 Å². The van der Waals surface area contributed by atoms with Crippen molar-refractivity contribution in [3.8, 4) is 5.75 Å². The van der Waals surface area contributed by atoms with Crippen molar-refractivity contribution in [2.75, 3.05) is 29.1 Å². The second-order valence-corrected chi connectivity index (χ2v) is 7.71. The molecule has 0 radical (unpaired) electrons. The number of anilines is 3. The number of ether oxygens (including phenoxy) is 1. The number of rotatable bonds is 12. The van der Waals surface area contributed by atoms with Crippen LogP contribution in [0.4, 0.5) is 17.1 Å². The molecule has 0 aliphatic rings. The molecule has 0 bridgehead atoms. The van der Waals surface area contributed by atoms with Gasteiger partial charge in [-0.25, -0.2) is 0 Å². The average Bonchev–Trinajstić information content (AvgIpc) is 2.84. The van der Waals surface area contributed by atoms with Crippen molar-refractivity contribution < 1.29 is 14.3 Å². The summed E-state index contributed by atoms with van der Waals surface area (Å²) in [6.45, 7) is 2.85. The fraction of sp³-hybridized carbons (Fsp3) is 0.259. The predicted octanol–water partition coefficient (Wildman–Crippen LogP) is 5.49. The molecule has 3 N–H and O–H groups in total. The maximum Gasteiger partial charge on any atom is 0.243 e. The number of hydrogen-bond acceptors (Lipinski definition) is 4. The van der Waals surface area contributed by atoms with E-state index in [4.69, 9.17) is 4.74 Å². The van der Waals surface area contributed by atoms with Gasteiger partial charge in [-0.05, 0) is 54.8 Å². The lowest BCUT2D eigenvalue weighted by Gasteiger charge is -2.13. The summed E-state index contributed by atoms with van der Waals surface area (Å²) in [7, 11) is 0. The minimum Gasteiger partial charge on any atom is -0.491 e. The molecule has 6 heteroatoms. The highest BCUT2D eigenvalue weighted by Gasteiger charge is 2.08. The smallest absolute Gasteiger partial charge is 0.243 e. The standard InChI is InChI=1S/C27H31N3O3/c1-2-3-19-33-25-12-8-7-11-24(25)30-27(32)20-28-22-14-16-23(17-15-22)29-26(31)18-13-21-9-5-4-6-10-21/h4-12,14-17,28H,2-3,13,18-20H2,1H3,(H,29,31)(H,30,32). The summed E-state index contributed by atoms with van der Waals surface area (Å²) >= 11 is 0. The molecule has 3 aromatic carbocycles. The summed E-state index contributed by atoms with van der Waals surface area (Å²) in [5, 5.41) is 8.89. The monoisotopic (exact) mass is 445 g/mol. The normalized spacial score (nSPS) is 10.3. The van der Waals surface area contributed by atoms with Crippen LogP contribution in [0, 0.1) is 0 Å². The van der Waals surface area contributed by atoms with E-state index in [1.165, 1.54) is 0 Å². The van der Waals surface area contributed by atoms with E-state index in [0.717, 1.165) is 29.8 Å². The Kier molecular flexibility index (Phi) is 9.33. The number of hydrogen-bond donors (Lipinski definition) is 3. The van der Waals surface area contributed by atoms with Gasteiger partial charge in [0.25, 0.3) is 0 Å². The number of carbonyl (C=O) groups excluding carboxylic acids is 2. The molecule has 0 aliphatic heterocycles. The molecule has 33 heavy (non-hydrogen) atoms. The van der Waals surface area contributed by atoms with Gasteiger partial charge < -0.3 is 20.7 Å². The van der Waals surface area contributed by atoms with Crippen molar-refractivity contribution >= 4 is 28.9 Å². The maximum absolute atomic E-state index is 12.4. The van der Waals surface area contributed by atoms with Crippen LogP contribution in [0.2, 0.25) is 0 Å². The number of amides is 2. The van der Waals surface area contributed by atoms with E-state index in [1.54, 1.807) is 0 Å². The molecule has 6 nitrogen and oxygen atoms in total. The zero-order valence-corrected chi connectivity index (χ0v) is 19.0. The van der Waals surface area contributed by atoms with Gasteiger partial charge in [-0.1, -0.05) is 55.8 Å². The lowest BCUT2D eigenvalue weighted by atomic mass is 10.1. The molecule has 0 unspecified atom stereocenters. The third-order valence-electron chi connectivity index (χ3n) is 5.02. The number of benzene rings is 3. The van der Waals surface area contributed by atoms with Crippen molar-refractivity contribution in [3.63, 3.8) is 0 Å². The quantitative estimate of drug-likeness (QED) is 0.322. The first-order valence-corrected chi connectivity index (χ1v) is 11.3. The van der Waals surface area contributed by atoms with Crippen molar-refractivity contribution in [1.82, 2.24) is 0 Å². The number of aryl methyl sites for hydroxylation is 1. The van der Waals surface area contributed by atoms with Crippen LogP contribution < -0.4 is 20.7 Å². The Balaban J connectivity index is 1.43. The van der Waals surface area contributed by atoms with Crippen LogP contribution >= 0.6 is 0 Å². The molecule has 0 atom stereocenters.